The maximum Gasteiger partial charge on any atom is 0.252 e. The zero-order chi connectivity index (χ0) is 14.7. The lowest BCUT2D eigenvalue weighted by molar-refractivity contribution is 0.0999. The molecule has 5 nitrogen and oxygen atoms in total. The van der Waals surface area contributed by atoms with Gasteiger partial charge in [-0.05, 0) is 46.2 Å². The first-order chi connectivity index (χ1) is 9.54. The summed E-state index contributed by atoms with van der Waals surface area (Å²) >= 11 is 0. The first-order valence-electron chi connectivity index (χ1n) is 7.24. The number of pyridine rings is 1. The quantitative estimate of drug-likeness (QED) is 0.871. The van der Waals surface area contributed by atoms with Crippen LogP contribution in [0.15, 0.2) is 6.07 Å². The molecule has 1 aliphatic rings. The highest BCUT2D eigenvalue weighted by Gasteiger charge is 2.26. The molecule has 2 rings (SSSR count). The van der Waals surface area contributed by atoms with Crippen molar-refractivity contribution < 1.29 is 4.79 Å². The number of nitrogens with zero attached hydrogens (tertiary/aromatic N) is 2. The Labute approximate surface area is 120 Å². The lowest BCUT2D eigenvalue weighted by atomic mass is 9.99. The number of carbonyl (C=O) groups is 1. The van der Waals surface area contributed by atoms with Crippen LogP contribution in [-0.4, -0.2) is 37.1 Å². The summed E-state index contributed by atoms with van der Waals surface area (Å²) < 4.78 is 0. The number of carbonyl (C=O) groups excluding carboxylic acids is 1. The molecule has 2 heterocycles. The minimum atomic E-state index is -0.390. The molecule has 1 aromatic heterocycles. The maximum absolute atomic E-state index is 11.8. The predicted octanol–water partition coefficient (Wildman–Crippen LogP) is 1.38. The van der Waals surface area contributed by atoms with E-state index in [-0.39, 0.29) is 0 Å². The van der Waals surface area contributed by atoms with E-state index >= 15 is 0 Å². The third-order valence-corrected chi connectivity index (χ3v) is 3.93. The Morgan fingerprint density at radius 3 is 2.90 bits per heavy atom. The average molecular weight is 276 g/mol. The molecule has 1 aromatic rings. The van der Waals surface area contributed by atoms with Gasteiger partial charge in [0.1, 0.15) is 0 Å². The van der Waals surface area contributed by atoms with Gasteiger partial charge in [-0.2, -0.15) is 0 Å². The number of aryl methyl sites for hydroxylation is 2. The van der Waals surface area contributed by atoms with Crippen molar-refractivity contribution >= 4 is 11.6 Å². The predicted molar refractivity (Wildman–Crippen MR) is 81.1 cm³/mol. The molecule has 3 N–H and O–H groups in total. The van der Waals surface area contributed by atoms with E-state index in [0.29, 0.717) is 11.6 Å². The van der Waals surface area contributed by atoms with Crippen molar-refractivity contribution in [3.05, 3.63) is 23.0 Å². The summed E-state index contributed by atoms with van der Waals surface area (Å²) in [5, 5.41) is 3.24. The molecule has 0 spiro atoms. The van der Waals surface area contributed by atoms with E-state index in [2.05, 4.69) is 15.2 Å². The minimum Gasteiger partial charge on any atom is -0.367 e. The van der Waals surface area contributed by atoms with Crippen molar-refractivity contribution in [1.82, 2.24) is 10.3 Å². The van der Waals surface area contributed by atoms with Gasteiger partial charge in [0.2, 0.25) is 0 Å². The fourth-order valence-corrected chi connectivity index (χ4v) is 3.10. The van der Waals surface area contributed by atoms with E-state index in [0.717, 1.165) is 43.0 Å². The molecule has 1 unspecified atom stereocenters. The smallest absolute Gasteiger partial charge is 0.252 e. The van der Waals surface area contributed by atoms with Gasteiger partial charge in [0.05, 0.1) is 16.9 Å². The number of primary amides is 1. The summed E-state index contributed by atoms with van der Waals surface area (Å²) in [4.78, 5) is 18.5. The zero-order valence-corrected chi connectivity index (χ0v) is 12.6. The van der Waals surface area contributed by atoms with Gasteiger partial charge in [-0.15, -0.1) is 0 Å². The molecule has 0 aromatic carbocycles. The molecule has 0 bridgehead atoms. The highest BCUT2D eigenvalue weighted by molar-refractivity contribution is 5.99. The first-order valence-corrected chi connectivity index (χ1v) is 7.24. The molecular formula is C15H24N4O. The lowest BCUT2D eigenvalue weighted by Gasteiger charge is -2.38. The fraction of sp³-hybridized carbons (Fsp3) is 0.600. The van der Waals surface area contributed by atoms with Crippen LogP contribution in [0, 0.1) is 13.8 Å². The molecule has 0 saturated carbocycles. The molecule has 0 aliphatic carbocycles. The van der Waals surface area contributed by atoms with Crippen LogP contribution >= 0.6 is 0 Å². The number of hydrogen-bond donors (Lipinski definition) is 2. The van der Waals surface area contributed by atoms with E-state index in [9.17, 15) is 4.79 Å². The molecular weight excluding hydrogens is 252 g/mol. The van der Waals surface area contributed by atoms with E-state index < -0.39 is 5.91 Å². The van der Waals surface area contributed by atoms with Crippen molar-refractivity contribution in [2.24, 2.45) is 5.73 Å². The van der Waals surface area contributed by atoms with Crippen LogP contribution in [0.4, 0.5) is 5.69 Å². The Morgan fingerprint density at radius 1 is 1.50 bits per heavy atom. The molecule has 110 valence electrons. The number of aromatic nitrogens is 1. The summed E-state index contributed by atoms with van der Waals surface area (Å²) in [6.07, 6.45) is 3.52. The van der Waals surface area contributed by atoms with Crippen LogP contribution in [0.5, 0.6) is 0 Å². The number of nitrogens with two attached hydrogens (primary N) is 1. The SMILES string of the molecule is CNCC1CCCCN1c1cc(C)nc(C)c1C(N)=O. The Hall–Kier alpha value is -1.62. The summed E-state index contributed by atoms with van der Waals surface area (Å²) in [5.74, 6) is -0.390. The number of piperidine rings is 1. The molecule has 1 fully saturated rings. The highest BCUT2D eigenvalue weighted by Crippen LogP contribution is 2.29. The van der Waals surface area contributed by atoms with E-state index in [4.69, 9.17) is 5.73 Å². The Kier molecular flexibility index (Phi) is 4.60. The molecule has 20 heavy (non-hydrogen) atoms. The van der Waals surface area contributed by atoms with Crippen molar-refractivity contribution in [1.29, 1.82) is 0 Å². The topological polar surface area (TPSA) is 71.2 Å². The monoisotopic (exact) mass is 276 g/mol. The second-order valence-corrected chi connectivity index (χ2v) is 5.51. The summed E-state index contributed by atoms with van der Waals surface area (Å²) in [5.41, 5.74) is 8.74. The van der Waals surface area contributed by atoms with Gasteiger partial charge >= 0.3 is 0 Å². The number of amides is 1. The lowest BCUT2D eigenvalue weighted by Crippen LogP contribution is -2.46. The molecule has 1 atom stereocenters. The van der Waals surface area contributed by atoms with Gasteiger partial charge in [-0.25, -0.2) is 0 Å². The van der Waals surface area contributed by atoms with Crippen molar-refractivity contribution in [2.45, 2.75) is 39.2 Å². The molecule has 0 radical (unpaired) electrons. The minimum absolute atomic E-state index is 0.390. The molecule has 1 aliphatic heterocycles. The van der Waals surface area contributed by atoms with Crippen LogP contribution in [0.1, 0.15) is 41.0 Å². The maximum atomic E-state index is 11.8. The van der Waals surface area contributed by atoms with Gasteiger partial charge in [0.25, 0.3) is 5.91 Å². The number of rotatable bonds is 4. The average Bonchev–Trinajstić information content (AvgIpc) is 2.38. The van der Waals surface area contributed by atoms with Crippen LogP contribution in [-0.2, 0) is 0 Å². The number of hydrogen-bond acceptors (Lipinski definition) is 4. The summed E-state index contributed by atoms with van der Waals surface area (Å²) in [7, 11) is 1.96. The largest absolute Gasteiger partial charge is 0.367 e. The van der Waals surface area contributed by atoms with Crippen molar-refractivity contribution in [2.75, 3.05) is 25.0 Å². The third kappa shape index (κ3) is 2.93. The second kappa shape index (κ2) is 6.22. The van der Waals surface area contributed by atoms with Crippen LogP contribution in [0.2, 0.25) is 0 Å². The van der Waals surface area contributed by atoms with E-state index in [1.165, 1.54) is 6.42 Å². The zero-order valence-electron chi connectivity index (χ0n) is 12.6. The Balaban J connectivity index is 2.46. The number of nitrogens with one attached hydrogen (secondary N) is 1. The van der Waals surface area contributed by atoms with Crippen LogP contribution in [0.3, 0.4) is 0 Å². The highest BCUT2D eigenvalue weighted by atomic mass is 16.1. The van der Waals surface area contributed by atoms with Gasteiger partial charge in [-0.3, -0.25) is 9.78 Å². The van der Waals surface area contributed by atoms with Gasteiger partial charge in [0, 0.05) is 24.8 Å². The van der Waals surface area contributed by atoms with Crippen LogP contribution < -0.4 is 16.0 Å². The number of anilines is 1. The normalized spacial score (nSPS) is 19.1. The van der Waals surface area contributed by atoms with Gasteiger partial charge < -0.3 is 16.0 Å². The Morgan fingerprint density at radius 2 is 2.25 bits per heavy atom. The summed E-state index contributed by atoms with van der Waals surface area (Å²) in [6.45, 7) is 5.69. The number of likely N-dealkylation sites (N-methyl/N-ethyl adjacent to an activating group) is 1. The van der Waals surface area contributed by atoms with Gasteiger partial charge in [0.15, 0.2) is 0 Å². The van der Waals surface area contributed by atoms with Crippen molar-refractivity contribution in [3.63, 3.8) is 0 Å². The first kappa shape index (κ1) is 14.8. The Bertz CT molecular complexity index is 499. The van der Waals surface area contributed by atoms with Gasteiger partial charge in [-0.1, -0.05) is 0 Å². The molecule has 1 amide bonds. The van der Waals surface area contributed by atoms with Crippen LogP contribution in [0.25, 0.3) is 0 Å². The van der Waals surface area contributed by atoms with E-state index in [1.54, 1.807) is 0 Å². The fourth-order valence-electron chi connectivity index (χ4n) is 3.10. The third-order valence-electron chi connectivity index (χ3n) is 3.93. The molecule has 1 saturated heterocycles. The standard InChI is InChI=1S/C15H24N4O/c1-10-8-13(14(15(16)20)11(2)18-10)19-7-5-4-6-12(19)9-17-3/h8,12,17H,4-7,9H2,1-3H3,(H2,16,20). The van der Waals surface area contributed by atoms with Crippen molar-refractivity contribution in [3.8, 4) is 0 Å². The molecule has 5 heteroatoms. The second-order valence-electron chi connectivity index (χ2n) is 5.51. The summed E-state index contributed by atoms with van der Waals surface area (Å²) in [6, 6.07) is 2.40. The van der Waals surface area contributed by atoms with E-state index in [1.807, 2.05) is 27.0 Å².